The zero-order valence-corrected chi connectivity index (χ0v) is 11.4. The Labute approximate surface area is 118 Å². The SMILES string of the molecule is Cn1ccc(N[C@@H](C(=O)NC2CC2)c2ccccc2)n1. The highest BCUT2D eigenvalue weighted by Crippen LogP contribution is 2.23. The van der Waals surface area contributed by atoms with Gasteiger partial charge < -0.3 is 10.6 Å². The first-order chi connectivity index (χ1) is 9.72. The molecule has 2 N–H and O–H groups in total. The molecule has 1 heterocycles. The molecule has 104 valence electrons. The van der Waals surface area contributed by atoms with Crippen molar-refractivity contribution in [3.05, 3.63) is 48.2 Å². The normalized spacial score (nSPS) is 15.7. The molecule has 5 nitrogen and oxygen atoms in total. The van der Waals surface area contributed by atoms with Crippen LogP contribution in [-0.4, -0.2) is 21.7 Å². The van der Waals surface area contributed by atoms with E-state index in [1.54, 1.807) is 4.68 Å². The number of nitrogens with zero attached hydrogens (tertiary/aromatic N) is 2. The first kappa shape index (κ1) is 12.7. The molecule has 1 aliphatic carbocycles. The fraction of sp³-hybridized carbons (Fsp3) is 0.333. The summed E-state index contributed by atoms with van der Waals surface area (Å²) in [5.41, 5.74) is 0.941. The lowest BCUT2D eigenvalue weighted by Gasteiger charge is -2.18. The number of nitrogens with one attached hydrogen (secondary N) is 2. The molecule has 1 aromatic carbocycles. The van der Waals surface area contributed by atoms with E-state index >= 15 is 0 Å². The molecule has 0 unspecified atom stereocenters. The summed E-state index contributed by atoms with van der Waals surface area (Å²) in [5, 5.41) is 10.5. The number of hydrogen-bond donors (Lipinski definition) is 2. The van der Waals surface area contributed by atoms with Gasteiger partial charge in [-0.25, -0.2) is 0 Å². The molecule has 0 aliphatic heterocycles. The van der Waals surface area contributed by atoms with E-state index in [-0.39, 0.29) is 5.91 Å². The Balaban J connectivity index is 1.80. The van der Waals surface area contributed by atoms with Crippen molar-refractivity contribution < 1.29 is 4.79 Å². The fourth-order valence-corrected chi connectivity index (χ4v) is 2.10. The van der Waals surface area contributed by atoms with E-state index < -0.39 is 6.04 Å². The fourth-order valence-electron chi connectivity index (χ4n) is 2.10. The third-order valence-electron chi connectivity index (χ3n) is 3.32. The van der Waals surface area contributed by atoms with Crippen LogP contribution in [0.3, 0.4) is 0 Å². The Hall–Kier alpha value is -2.30. The third-order valence-corrected chi connectivity index (χ3v) is 3.32. The molecule has 1 amide bonds. The van der Waals surface area contributed by atoms with E-state index in [1.807, 2.05) is 49.6 Å². The lowest BCUT2D eigenvalue weighted by molar-refractivity contribution is -0.122. The van der Waals surface area contributed by atoms with Gasteiger partial charge in [0.25, 0.3) is 0 Å². The number of amides is 1. The summed E-state index contributed by atoms with van der Waals surface area (Å²) < 4.78 is 1.71. The van der Waals surface area contributed by atoms with Crippen molar-refractivity contribution in [2.24, 2.45) is 7.05 Å². The highest BCUT2D eigenvalue weighted by Gasteiger charge is 2.28. The summed E-state index contributed by atoms with van der Waals surface area (Å²) in [6.07, 6.45) is 4.01. The van der Waals surface area contributed by atoms with Gasteiger partial charge >= 0.3 is 0 Å². The molecule has 3 rings (SSSR count). The molecule has 5 heteroatoms. The predicted octanol–water partition coefficient (Wildman–Crippen LogP) is 1.85. The summed E-state index contributed by atoms with van der Waals surface area (Å²) >= 11 is 0. The monoisotopic (exact) mass is 270 g/mol. The van der Waals surface area contributed by atoms with Crippen LogP contribution in [0.25, 0.3) is 0 Å². The van der Waals surface area contributed by atoms with Crippen molar-refractivity contribution in [2.45, 2.75) is 24.9 Å². The van der Waals surface area contributed by atoms with E-state index in [1.165, 1.54) is 0 Å². The Morgan fingerprint density at radius 2 is 2.05 bits per heavy atom. The van der Waals surface area contributed by atoms with Crippen LogP contribution in [0.15, 0.2) is 42.6 Å². The first-order valence-corrected chi connectivity index (χ1v) is 6.84. The molecule has 20 heavy (non-hydrogen) atoms. The van der Waals surface area contributed by atoms with Crippen molar-refractivity contribution in [1.82, 2.24) is 15.1 Å². The number of hydrogen-bond acceptors (Lipinski definition) is 3. The number of carbonyl (C=O) groups is 1. The molecule has 2 aromatic rings. The van der Waals surface area contributed by atoms with Crippen molar-refractivity contribution >= 4 is 11.7 Å². The van der Waals surface area contributed by atoms with Gasteiger partial charge in [-0.3, -0.25) is 9.48 Å². The maximum atomic E-state index is 12.4. The number of rotatable bonds is 5. The summed E-state index contributed by atoms with van der Waals surface area (Å²) in [6.45, 7) is 0. The van der Waals surface area contributed by atoms with Crippen LogP contribution >= 0.6 is 0 Å². The van der Waals surface area contributed by atoms with Crippen LogP contribution in [0.4, 0.5) is 5.82 Å². The van der Waals surface area contributed by atoms with Crippen molar-refractivity contribution in [1.29, 1.82) is 0 Å². The van der Waals surface area contributed by atoms with Crippen LogP contribution in [-0.2, 0) is 11.8 Å². The maximum absolute atomic E-state index is 12.4. The second kappa shape index (κ2) is 5.36. The van der Waals surface area contributed by atoms with Gasteiger partial charge in [-0.05, 0) is 18.4 Å². The van der Waals surface area contributed by atoms with Gasteiger partial charge in [0.05, 0.1) is 0 Å². The van der Waals surface area contributed by atoms with Crippen LogP contribution in [0, 0.1) is 0 Å². The van der Waals surface area contributed by atoms with Gasteiger partial charge in [0.2, 0.25) is 5.91 Å². The van der Waals surface area contributed by atoms with E-state index in [0.717, 1.165) is 18.4 Å². The van der Waals surface area contributed by atoms with Gasteiger partial charge in [0.1, 0.15) is 11.9 Å². The zero-order valence-electron chi connectivity index (χ0n) is 11.4. The summed E-state index contributed by atoms with van der Waals surface area (Å²) in [6, 6.07) is 11.5. The molecule has 1 aliphatic rings. The number of carbonyl (C=O) groups excluding carboxylic acids is 1. The van der Waals surface area contributed by atoms with E-state index in [0.29, 0.717) is 11.9 Å². The maximum Gasteiger partial charge on any atom is 0.247 e. The van der Waals surface area contributed by atoms with E-state index in [9.17, 15) is 4.79 Å². The number of aromatic nitrogens is 2. The zero-order chi connectivity index (χ0) is 13.9. The molecule has 1 fully saturated rings. The van der Waals surface area contributed by atoms with Crippen LogP contribution in [0.5, 0.6) is 0 Å². The van der Waals surface area contributed by atoms with Gasteiger partial charge in [0.15, 0.2) is 0 Å². The van der Waals surface area contributed by atoms with Crippen LogP contribution < -0.4 is 10.6 Å². The second-order valence-corrected chi connectivity index (χ2v) is 5.15. The Morgan fingerprint density at radius 3 is 2.65 bits per heavy atom. The Bertz CT molecular complexity index is 589. The highest BCUT2D eigenvalue weighted by atomic mass is 16.2. The predicted molar refractivity (Wildman–Crippen MR) is 77.2 cm³/mol. The molecule has 0 saturated heterocycles. The molecular weight excluding hydrogens is 252 g/mol. The quantitative estimate of drug-likeness (QED) is 0.871. The minimum atomic E-state index is -0.410. The third kappa shape index (κ3) is 2.99. The lowest BCUT2D eigenvalue weighted by atomic mass is 10.1. The van der Waals surface area contributed by atoms with Gasteiger partial charge in [0, 0.05) is 25.4 Å². The number of benzene rings is 1. The molecule has 1 saturated carbocycles. The highest BCUT2D eigenvalue weighted by molar-refractivity contribution is 5.86. The number of aryl methyl sites for hydroxylation is 1. The first-order valence-electron chi connectivity index (χ1n) is 6.84. The Morgan fingerprint density at radius 1 is 1.30 bits per heavy atom. The van der Waals surface area contributed by atoms with Gasteiger partial charge in [-0.2, -0.15) is 5.10 Å². The van der Waals surface area contributed by atoms with Crippen LogP contribution in [0.2, 0.25) is 0 Å². The van der Waals surface area contributed by atoms with Gasteiger partial charge in [-0.15, -0.1) is 0 Å². The largest absolute Gasteiger partial charge is 0.353 e. The summed E-state index contributed by atoms with van der Waals surface area (Å²) in [4.78, 5) is 12.4. The molecule has 0 spiro atoms. The molecular formula is C15H18N4O. The average molecular weight is 270 g/mol. The molecule has 0 bridgehead atoms. The van der Waals surface area contributed by atoms with Crippen molar-refractivity contribution in [3.8, 4) is 0 Å². The van der Waals surface area contributed by atoms with E-state index in [2.05, 4.69) is 15.7 Å². The van der Waals surface area contributed by atoms with Crippen LogP contribution in [0.1, 0.15) is 24.4 Å². The minimum Gasteiger partial charge on any atom is -0.353 e. The topological polar surface area (TPSA) is 59.0 Å². The van der Waals surface area contributed by atoms with Gasteiger partial charge in [-0.1, -0.05) is 30.3 Å². The smallest absolute Gasteiger partial charge is 0.247 e. The molecule has 1 atom stereocenters. The Kier molecular flexibility index (Phi) is 3.41. The van der Waals surface area contributed by atoms with Crippen molar-refractivity contribution in [2.75, 3.05) is 5.32 Å². The summed E-state index contributed by atoms with van der Waals surface area (Å²) in [5.74, 6) is 0.705. The van der Waals surface area contributed by atoms with Crippen molar-refractivity contribution in [3.63, 3.8) is 0 Å². The average Bonchev–Trinajstić information content (AvgIpc) is 3.17. The minimum absolute atomic E-state index is 0.00403. The molecule has 1 aromatic heterocycles. The summed E-state index contributed by atoms with van der Waals surface area (Å²) in [7, 11) is 1.85. The standard InChI is InChI=1S/C15H18N4O/c1-19-10-9-13(18-19)17-14(11-5-3-2-4-6-11)15(20)16-12-7-8-12/h2-6,9-10,12,14H,7-8H2,1H3,(H,16,20)(H,17,18)/t14-/m1/s1. The second-order valence-electron chi connectivity index (χ2n) is 5.15. The lowest BCUT2D eigenvalue weighted by Crippen LogP contribution is -2.34. The molecule has 0 radical (unpaired) electrons. The number of anilines is 1. The van der Waals surface area contributed by atoms with E-state index in [4.69, 9.17) is 0 Å².